The van der Waals surface area contributed by atoms with Crippen LogP contribution in [0.2, 0.25) is 5.02 Å². The van der Waals surface area contributed by atoms with E-state index in [2.05, 4.69) is 12.0 Å². The fraction of sp³-hybridized carbons (Fsp3) is 0.571. The van der Waals surface area contributed by atoms with Gasteiger partial charge in [-0.05, 0) is 6.42 Å². The van der Waals surface area contributed by atoms with Gasteiger partial charge in [-0.1, -0.05) is 18.5 Å². The summed E-state index contributed by atoms with van der Waals surface area (Å²) in [6.07, 6.45) is 4.40. The zero-order chi connectivity index (χ0) is 8.27. The molecule has 1 heterocycles. The third-order valence-electron chi connectivity index (χ3n) is 1.69. The molecule has 1 atom stereocenters. The van der Waals surface area contributed by atoms with Gasteiger partial charge in [-0.3, -0.25) is 4.68 Å². The molecule has 11 heavy (non-hydrogen) atoms. The smallest absolute Gasteiger partial charge is 0.0785 e. The maximum absolute atomic E-state index is 5.69. The summed E-state index contributed by atoms with van der Waals surface area (Å²) in [7, 11) is 0. The van der Waals surface area contributed by atoms with E-state index in [4.69, 9.17) is 17.3 Å². The van der Waals surface area contributed by atoms with Crippen LogP contribution in [0.4, 0.5) is 0 Å². The summed E-state index contributed by atoms with van der Waals surface area (Å²) in [4.78, 5) is 0. The van der Waals surface area contributed by atoms with Crippen molar-refractivity contribution in [3.05, 3.63) is 17.4 Å². The average molecular weight is 174 g/mol. The topological polar surface area (TPSA) is 43.8 Å². The lowest BCUT2D eigenvalue weighted by Gasteiger charge is -2.11. The van der Waals surface area contributed by atoms with E-state index >= 15 is 0 Å². The van der Waals surface area contributed by atoms with E-state index in [0.717, 1.165) is 6.42 Å². The number of hydrogen-bond donors (Lipinski definition) is 1. The van der Waals surface area contributed by atoms with Crippen LogP contribution in [0, 0.1) is 0 Å². The Morgan fingerprint density at radius 3 is 2.91 bits per heavy atom. The van der Waals surface area contributed by atoms with Crippen molar-refractivity contribution in [1.29, 1.82) is 0 Å². The summed E-state index contributed by atoms with van der Waals surface area (Å²) in [5.74, 6) is 0. The monoisotopic (exact) mass is 173 g/mol. The lowest BCUT2D eigenvalue weighted by atomic mass is 10.2. The fourth-order valence-corrected chi connectivity index (χ4v) is 1.12. The lowest BCUT2D eigenvalue weighted by Crippen LogP contribution is -2.18. The zero-order valence-corrected chi connectivity index (χ0v) is 7.25. The minimum absolute atomic E-state index is 0.280. The molecule has 0 unspecified atom stereocenters. The van der Waals surface area contributed by atoms with Gasteiger partial charge in [-0.15, -0.1) is 0 Å². The van der Waals surface area contributed by atoms with Gasteiger partial charge in [-0.25, -0.2) is 0 Å². The van der Waals surface area contributed by atoms with Crippen molar-refractivity contribution in [1.82, 2.24) is 9.78 Å². The first-order valence-corrected chi connectivity index (χ1v) is 4.05. The van der Waals surface area contributed by atoms with Crippen molar-refractivity contribution in [3.8, 4) is 0 Å². The fourth-order valence-electron chi connectivity index (χ4n) is 0.976. The Morgan fingerprint density at radius 2 is 2.55 bits per heavy atom. The summed E-state index contributed by atoms with van der Waals surface area (Å²) in [6, 6.07) is 0.280. The van der Waals surface area contributed by atoms with Crippen molar-refractivity contribution >= 4 is 11.6 Å². The molecule has 0 fully saturated rings. The van der Waals surface area contributed by atoms with Crippen molar-refractivity contribution in [3.63, 3.8) is 0 Å². The third kappa shape index (κ3) is 1.94. The molecular weight excluding hydrogens is 162 g/mol. The lowest BCUT2D eigenvalue weighted by molar-refractivity contribution is 0.450. The molecule has 0 aliphatic rings. The molecule has 2 N–H and O–H groups in total. The molecule has 0 saturated carbocycles. The maximum Gasteiger partial charge on any atom is 0.0785 e. The summed E-state index contributed by atoms with van der Waals surface area (Å²) in [6.45, 7) is 2.68. The van der Waals surface area contributed by atoms with Crippen molar-refractivity contribution in [2.24, 2.45) is 5.73 Å². The number of aromatic nitrogens is 2. The van der Waals surface area contributed by atoms with E-state index < -0.39 is 0 Å². The van der Waals surface area contributed by atoms with Crippen LogP contribution in [-0.2, 0) is 0 Å². The summed E-state index contributed by atoms with van der Waals surface area (Å²) < 4.78 is 1.81. The molecular formula is C7H12ClN3. The second-order valence-corrected chi connectivity index (χ2v) is 2.87. The van der Waals surface area contributed by atoms with Gasteiger partial charge >= 0.3 is 0 Å². The number of nitrogens with two attached hydrogens (primary N) is 1. The van der Waals surface area contributed by atoms with E-state index in [1.54, 1.807) is 12.4 Å². The van der Waals surface area contributed by atoms with Crippen LogP contribution in [0.1, 0.15) is 19.4 Å². The normalized spacial score (nSPS) is 13.4. The Bertz CT molecular complexity index is 217. The molecule has 1 rings (SSSR count). The standard InChI is InChI=1S/C7H12ClN3/c1-2-7(3-9)11-5-6(8)4-10-11/h4-5,7H,2-3,9H2,1H3/t7-/m1/s1. The van der Waals surface area contributed by atoms with E-state index in [1.807, 2.05) is 4.68 Å². The Labute approximate surface area is 71.1 Å². The van der Waals surface area contributed by atoms with Crippen molar-refractivity contribution in [2.75, 3.05) is 6.54 Å². The van der Waals surface area contributed by atoms with Gasteiger partial charge in [0.25, 0.3) is 0 Å². The number of nitrogens with zero attached hydrogens (tertiary/aromatic N) is 2. The first-order valence-electron chi connectivity index (χ1n) is 3.67. The van der Waals surface area contributed by atoms with Crippen LogP contribution in [0.3, 0.4) is 0 Å². The van der Waals surface area contributed by atoms with E-state index in [1.165, 1.54) is 0 Å². The third-order valence-corrected chi connectivity index (χ3v) is 1.88. The van der Waals surface area contributed by atoms with Gasteiger partial charge < -0.3 is 5.73 Å². The molecule has 4 heteroatoms. The van der Waals surface area contributed by atoms with Crippen LogP contribution in [-0.4, -0.2) is 16.3 Å². The quantitative estimate of drug-likeness (QED) is 0.752. The first-order chi connectivity index (χ1) is 5.27. The highest BCUT2D eigenvalue weighted by atomic mass is 35.5. The SMILES string of the molecule is CC[C@H](CN)n1cc(Cl)cn1. The summed E-state index contributed by atoms with van der Waals surface area (Å²) >= 11 is 5.69. The summed E-state index contributed by atoms with van der Waals surface area (Å²) in [5.41, 5.74) is 5.52. The van der Waals surface area contributed by atoms with Crippen LogP contribution in [0.5, 0.6) is 0 Å². The molecule has 3 nitrogen and oxygen atoms in total. The van der Waals surface area contributed by atoms with Crippen LogP contribution >= 0.6 is 11.6 Å². The molecule has 1 aromatic heterocycles. The predicted molar refractivity (Wildman–Crippen MR) is 45.6 cm³/mol. The van der Waals surface area contributed by atoms with E-state index in [9.17, 15) is 0 Å². The minimum Gasteiger partial charge on any atom is -0.328 e. The van der Waals surface area contributed by atoms with E-state index in [0.29, 0.717) is 11.6 Å². The molecule has 0 aliphatic heterocycles. The Morgan fingerprint density at radius 1 is 1.82 bits per heavy atom. The first kappa shape index (κ1) is 8.56. The highest BCUT2D eigenvalue weighted by molar-refractivity contribution is 6.30. The average Bonchev–Trinajstić information content (AvgIpc) is 2.39. The second kappa shape index (κ2) is 3.74. The second-order valence-electron chi connectivity index (χ2n) is 2.44. The zero-order valence-electron chi connectivity index (χ0n) is 6.50. The molecule has 0 bridgehead atoms. The Balaban J connectivity index is 2.73. The number of halogens is 1. The van der Waals surface area contributed by atoms with Crippen LogP contribution in [0.25, 0.3) is 0 Å². The highest BCUT2D eigenvalue weighted by Crippen LogP contribution is 2.12. The van der Waals surface area contributed by atoms with Gasteiger partial charge in [0, 0.05) is 12.7 Å². The molecule has 1 aromatic rings. The predicted octanol–water partition coefficient (Wildman–Crippen LogP) is 1.45. The molecule has 0 spiro atoms. The molecule has 0 amide bonds. The van der Waals surface area contributed by atoms with Crippen molar-refractivity contribution in [2.45, 2.75) is 19.4 Å². The van der Waals surface area contributed by atoms with Gasteiger partial charge in [0.1, 0.15) is 0 Å². The maximum atomic E-state index is 5.69. The number of rotatable bonds is 3. The van der Waals surface area contributed by atoms with Crippen molar-refractivity contribution < 1.29 is 0 Å². The number of hydrogen-bond acceptors (Lipinski definition) is 2. The Hall–Kier alpha value is -0.540. The Kier molecular flexibility index (Phi) is 2.91. The molecule has 62 valence electrons. The minimum atomic E-state index is 0.280. The molecule has 0 aliphatic carbocycles. The summed E-state index contributed by atoms with van der Waals surface area (Å²) in [5, 5.41) is 4.73. The van der Waals surface area contributed by atoms with Crippen LogP contribution < -0.4 is 5.73 Å². The van der Waals surface area contributed by atoms with Gasteiger partial charge in [-0.2, -0.15) is 5.10 Å². The molecule has 0 saturated heterocycles. The van der Waals surface area contributed by atoms with E-state index in [-0.39, 0.29) is 6.04 Å². The van der Waals surface area contributed by atoms with Gasteiger partial charge in [0.05, 0.1) is 17.3 Å². The molecule has 0 aromatic carbocycles. The molecule has 0 radical (unpaired) electrons. The van der Waals surface area contributed by atoms with Gasteiger partial charge in [0.15, 0.2) is 0 Å². The largest absolute Gasteiger partial charge is 0.328 e. The van der Waals surface area contributed by atoms with Crippen LogP contribution in [0.15, 0.2) is 12.4 Å². The highest BCUT2D eigenvalue weighted by Gasteiger charge is 2.06. The van der Waals surface area contributed by atoms with Gasteiger partial charge in [0.2, 0.25) is 0 Å².